The summed E-state index contributed by atoms with van der Waals surface area (Å²) in [5, 5.41) is 7.13. The van der Waals surface area contributed by atoms with Crippen molar-refractivity contribution in [2.24, 2.45) is 0 Å². The van der Waals surface area contributed by atoms with Gasteiger partial charge in [0, 0.05) is 11.9 Å². The minimum absolute atomic E-state index is 0.148. The van der Waals surface area contributed by atoms with Gasteiger partial charge in [0.15, 0.2) is 0 Å². The average Bonchev–Trinajstić information content (AvgIpc) is 2.97. The van der Waals surface area contributed by atoms with Crippen LogP contribution in [0.2, 0.25) is 0 Å². The van der Waals surface area contributed by atoms with Gasteiger partial charge in [-0.15, -0.1) is 0 Å². The molecule has 0 aliphatic heterocycles. The maximum Gasteiger partial charge on any atom is 0.258 e. The van der Waals surface area contributed by atoms with Crippen molar-refractivity contribution in [1.29, 1.82) is 0 Å². The Kier molecular flexibility index (Phi) is 4.01. The monoisotopic (exact) mass is 291 g/mol. The molecule has 1 aromatic heterocycles. The van der Waals surface area contributed by atoms with Crippen molar-refractivity contribution in [2.75, 3.05) is 5.32 Å². The first-order chi connectivity index (χ1) is 10.7. The van der Waals surface area contributed by atoms with Crippen LogP contribution in [0.1, 0.15) is 21.5 Å². The number of hydrogen-bond acceptors (Lipinski definition) is 2. The molecule has 3 rings (SSSR count). The van der Waals surface area contributed by atoms with Crippen molar-refractivity contribution >= 4 is 11.6 Å². The SMILES string of the molecule is Cc1cccc(NC(=O)c2cnn(Cc3ccccc3)c2)c1. The summed E-state index contributed by atoms with van der Waals surface area (Å²) in [6.07, 6.45) is 3.35. The molecule has 0 spiro atoms. The second-order valence-electron chi connectivity index (χ2n) is 5.24. The Hall–Kier alpha value is -2.88. The quantitative estimate of drug-likeness (QED) is 0.800. The summed E-state index contributed by atoms with van der Waals surface area (Å²) in [4.78, 5) is 12.2. The first-order valence-electron chi connectivity index (χ1n) is 7.15. The summed E-state index contributed by atoms with van der Waals surface area (Å²) in [6.45, 7) is 2.64. The molecule has 4 heteroatoms. The molecule has 0 aliphatic rings. The molecule has 0 unspecified atom stereocenters. The van der Waals surface area contributed by atoms with E-state index in [2.05, 4.69) is 10.4 Å². The van der Waals surface area contributed by atoms with Gasteiger partial charge in [-0.1, -0.05) is 42.5 Å². The highest BCUT2D eigenvalue weighted by Gasteiger charge is 2.09. The minimum atomic E-state index is -0.148. The molecule has 0 bridgehead atoms. The Balaban J connectivity index is 1.69. The van der Waals surface area contributed by atoms with Crippen molar-refractivity contribution in [3.05, 3.63) is 83.7 Å². The second kappa shape index (κ2) is 6.26. The van der Waals surface area contributed by atoms with Crippen molar-refractivity contribution < 1.29 is 4.79 Å². The van der Waals surface area contributed by atoms with Crippen LogP contribution in [0.4, 0.5) is 5.69 Å². The summed E-state index contributed by atoms with van der Waals surface area (Å²) < 4.78 is 1.76. The van der Waals surface area contributed by atoms with Crippen LogP contribution in [0.25, 0.3) is 0 Å². The fourth-order valence-electron chi connectivity index (χ4n) is 2.26. The smallest absolute Gasteiger partial charge is 0.258 e. The van der Waals surface area contributed by atoms with Crippen LogP contribution in [0.3, 0.4) is 0 Å². The predicted octanol–water partition coefficient (Wildman–Crippen LogP) is 3.49. The summed E-state index contributed by atoms with van der Waals surface area (Å²) in [5.41, 5.74) is 3.60. The van der Waals surface area contributed by atoms with Crippen molar-refractivity contribution in [1.82, 2.24) is 9.78 Å². The van der Waals surface area contributed by atoms with E-state index in [9.17, 15) is 4.79 Å². The number of aromatic nitrogens is 2. The number of anilines is 1. The molecule has 0 fully saturated rings. The molecule has 0 saturated carbocycles. The lowest BCUT2D eigenvalue weighted by molar-refractivity contribution is 0.102. The van der Waals surface area contributed by atoms with Crippen molar-refractivity contribution in [3.8, 4) is 0 Å². The summed E-state index contributed by atoms with van der Waals surface area (Å²) in [5.74, 6) is -0.148. The van der Waals surface area contributed by atoms with Gasteiger partial charge in [0.2, 0.25) is 0 Å². The highest BCUT2D eigenvalue weighted by Crippen LogP contribution is 2.11. The average molecular weight is 291 g/mol. The summed E-state index contributed by atoms with van der Waals surface area (Å²) in [7, 11) is 0. The van der Waals surface area contributed by atoms with E-state index >= 15 is 0 Å². The van der Waals surface area contributed by atoms with Gasteiger partial charge in [0.25, 0.3) is 5.91 Å². The van der Waals surface area contributed by atoms with Gasteiger partial charge < -0.3 is 5.32 Å². The van der Waals surface area contributed by atoms with Crippen molar-refractivity contribution in [2.45, 2.75) is 13.5 Å². The minimum Gasteiger partial charge on any atom is -0.322 e. The van der Waals surface area contributed by atoms with E-state index in [1.54, 1.807) is 17.1 Å². The molecule has 3 aromatic rings. The molecule has 0 saturated heterocycles. The van der Waals surface area contributed by atoms with Gasteiger partial charge in [-0.05, 0) is 30.2 Å². The van der Waals surface area contributed by atoms with Crippen LogP contribution < -0.4 is 5.32 Å². The Morgan fingerprint density at radius 3 is 2.73 bits per heavy atom. The highest BCUT2D eigenvalue weighted by atomic mass is 16.1. The van der Waals surface area contributed by atoms with E-state index in [4.69, 9.17) is 0 Å². The number of carbonyl (C=O) groups excluding carboxylic acids is 1. The molecule has 110 valence electrons. The van der Waals surface area contributed by atoms with Gasteiger partial charge in [-0.25, -0.2) is 0 Å². The van der Waals surface area contributed by atoms with Crippen LogP contribution in [0, 0.1) is 6.92 Å². The maximum absolute atomic E-state index is 12.2. The number of hydrogen-bond donors (Lipinski definition) is 1. The fourth-order valence-corrected chi connectivity index (χ4v) is 2.26. The molecule has 0 aliphatic carbocycles. The van der Waals surface area contributed by atoms with E-state index < -0.39 is 0 Å². The first kappa shape index (κ1) is 14.1. The highest BCUT2D eigenvalue weighted by molar-refractivity contribution is 6.03. The summed E-state index contributed by atoms with van der Waals surface area (Å²) >= 11 is 0. The third-order valence-electron chi connectivity index (χ3n) is 3.36. The van der Waals surface area contributed by atoms with Gasteiger partial charge in [-0.2, -0.15) is 5.10 Å². The Morgan fingerprint density at radius 1 is 1.14 bits per heavy atom. The normalized spacial score (nSPS) is 10.4. The van der Waals surface area contributed by atoms with Gasteiger partial charge in [0.05, 0.1) is 18.3 Å². The topological polar surface area (TPSA) is 46.9 Å². The van der Waals surface area contributed by atoms with E-state index in [0.717, 1.165) is 16.8 Å². The molecule has 0 radical (unpaired) electrons. The van der Waals surface area contributed by atoms with E-state index in [-0.39, 0.29) is 5.91 Å². The number of nitrogens with zero attached hydrogens (tertiary/aromatic N) is 2. The lowest BCUT2D eigenvalue weighted by Crippen LogP contribution is -2.11. The summed E-state index contributed by atoms with van der Waals surface area (Å²) in [6, 6.07) is 17.8. The van der Waals surface area contributed by atoms with Crippen LogP contribution in [-0.4, -0.2) is 15.7 Å². The lowest BCUT2D eigenvalue weighted by Gasteiger charge is -2.04. The molecule has 1 amide bonds. The number of aryl methyl sites for hydroxylation is 1. The predicted molar refractivity (Wildman–Crippen MR) is 86.9 cm³/mol. The molecule has 22 heavy (non-hydrogen) atoms. The molecule has 0 atom stereocenters. The van der Waals surface area contributed by atoms with Gasteiger partial charge >= 0.3 is 0 Å². The molecule has 1 N–H and O–H groups in total. The zero-order valence-electron chi connectivity index (χ0n) is 12.4. The second-order valence-corrected chi connectivity index (χ2v) is 5.24. The van der Waals surface area contributed by atoms with Gasteiger partial charge in [-0.3, -0.25) is 9.48 Å². The number of nitrogens with one attached hydrogen (secondary N) is 1. The van der Waals surface area contributed by atoms with Crippen LogP contribution in [-0.2, 0) is 6.54 Å². The molecule has 2 aromatic carbocycles. The Labute approximate surface area is 129 Å². The number of carbonyl (C=O) groups is 1. The zero-order chi connectivity index (χ0) is 15.4. The van der Waals surface area contributed by atoms with E-state index in [0.29, 0.717) is 12.1 Å². The maximum atomic E-state index is 12.2. The third kappa shape index (κ3) is 3.41. The van der Waals surface area contributed by atoms with Crippen LogP contribution in [0.5, 0.6) is 0 Å². The lowest BCUT2D eigenvalue weighted by atomic mass is 10.2. The fraction of sp³-hybridized carbons (Fsp3) is 0.111. The van der Waals surface area contributed by atoms with Crippen LogP contribution >= 0.6 is 0 Å². The van der Waals surface area contributed by atoms with Gasteiger partial charge in [0.1, 0.15) is 0 Å². The van der Waals surface area contributed by atoms with E-state index in [1.165, 1.54) is 0 Å². The number of rotatable bonds is 4. The largest absolute Gasteiger partial charge is 0.322 e. The standard InChI is InChI=1S/C18H17N3O/c1-14-6-5-9-17(10-14)20-18(22)16-11-19-21(13-16)12-15-7-3-2-4-8-15/h2-11,13H,12H2,1H3,(H,20,22). The van der Waals surface area contributed by atoms with Crippen molar-refractivity contribution in [3.63, 3.8) is 0 Å². The molecular formula is C18H17N3O. The molecule has 4 nitrogen and oxygen atoms in total. The van der Waals surface area contributed by atoms with Crippen LogP contribution in [0.15, 0.2) is 67.0 Å². The molecule has 1 heterocycles. The molecular weight excluding hydrogens is 274 g/mol. The zero-order valence-corrected chi connectivity index (χ0v) is 12.4. The number of benzene rings is 2. The number of amides is 1. The Bertz CT molecular complexity index is 778. The first-order valence-corrected chi connectivity index (χ1v) is 7.15. The Morgan fingerprint density at radius 2 is 1.95 bits per heavy atom. The third-order valence-corrected chi connectivity index (χ3v) is 3.36. The van der Waals surface area contributed by atoms with E-state index in [1.807, 2.05) is 61.5 Å².